The molecular formula is C8H10N2OS2. The van der Waals surface area contributed by atoms with Gasteiger partial charge in [0, 0.05) is 18.1 Å². The molecule has 1 unspecified atom stereocenters. The van der Waals surface area contributed by atoms with Crippen LogP contribution in [0.3, 0.4) is 0 Å². The van der Waals surface area contributed by atoms with Crippen LogP contribution in [0, 0.1) is 0 Å². The van der Waals surface area contributed by atoms with E-state index >= 15 is 0 Å². The van der Waals surface area contributed by atoms with Crippen molar-refractivity contribution >= 4 is 28.9 Å². The Kier molecular flexibility index (Phi) is 2.95. The normalized spacial score (nSPS) is 23.4. The van der Waals surface area contributed by atoms with Crippen molar-refractivity contribution in [3.8, 4) is 0 Å². The number of nitrogens with zero attached hydrogens (tertiary/aromatic N) is 2. The quantitative estimate of drug-likeness (QED) is 0.756. The monoisotopic (exact) mass is 214 g/mol. The molecule has 0 radical (unpaired) electrons. The van der Waals surface area contributed by atoms with Gasteiger partial charge in [-0.25, -0.2) is 0 Å². The first-order valence-corrected chi connectivity index (χ1v) is 6.05. The van der Waals surface area contributed by atoms with E-state index in [9.17, 15) is 4.79 Å². The van der Waals surface area contributed by atoms with Crippen LogP contribution in [0.2, 0.25) is 0 Å². The number of carbonyl (C=O) groups is 1. The van der Waals surface area contributed by atoms with Gasteiger partial charge in [-0.3, -0.25) is 4.79 Å². The summed E-state index contributed by atoms with van der Waals surface area (Å²) in [6.45, 7) is 0. The summed E-state index contributed by atoms with van der Waals surface area (Å²) in [4.78, 5) is 11.2. The minimum absolute atomic E-state index is 0.397. The van der Waals surface area contributed by atoms with Gasteiger partial charge in [0.15, 0.2) is 4.34 Å². The molecular weight excluding hydrogens is 204 g/mol. The van der Waals surface area contributed by atoms with E-state index in [2.05, 4.69) is 10.2 Å². The summed E-state index contributed by atoms with van der Waals surface area (Å²) in [5.74, 6) is 0.397. The Morgan fingerprint density at radius 1 is 1.62 bits per heavy atom. The van der Waals surface area contributed by atoms with Gasteiger partial charge >= 0.3 is 0 Å². The first-order valence-electron chi connectivity index (χ1n) is 4.29. The summed E-state index contributed by atoms with van der Waals surface area (Å²) >= 11 is 3.25. The fourth-order valence-electron chi connectivity index (χ4n) is 1.44. The van der Waals surface area contributed by atoms with Crippen LogP contribution in [0.15, 0.2) is 9.85 Å². The minimum atomic E-state index is 0.397. The lowest BCUT2D eigenvalue weighted by atomic mass is 9.99. The number of hydrogen-bond acceptors (Lipinski definition) is 5. The van der Waals surface area contributed by atoms with E-state index in [1.165, 1.54) is 0 Å². The molecule has 0 spiro atoms. The van der Waals surface area contributed by atoms with Gasteiger partial charge in [-0.2, -0.15) is 0 Å². The highest BCUT2D eigenvalue weighted by molar-refractivity contribution is 8.01. The van der Waals surface area contributed by atoms with Crippen molar-refractivity contribution < 1.29 is 4.79 Å². The van der Waals surface area contributed by atoms with Gasteiger partial charge in [0.2, 0.25) is 0 Å². The highest BCUT2D eigenvalue weighted by Gasteiger charge is 2.21. The largest absolute Gasteiger partial charge is 0.300 e. The number of carbonyl (C=O) groups excluding carboxylic acids is 1. The lowest BCUT2D eigenvalue weighted by Crippen LogP contribution is -2.16. The summed E-state index contributed by atoms with van der Waals surface area (Å²) in [6.07, 6.45) is 3.66. The lowest BCUT2D eigenvalue weighted by Gasteiger charge is -2.18. The lowest BCUT2D eigenvalue weighted by molar-refractivity contribution is -0.120. The van der Waals surface area contributed by atoms with Crippen molar-refractivity contribution in [3.63, 3.8) is 0 Å². The van der Waals surface area contributed by atoms with Crippen molar-refractivity contribution in [1.82, 2.24) is 10.2 Å². The summed E-state index contributed by atoms with van der Waals surface area (Å²) < 4.78 is 0.986. The van der Waals surface area contributed by atoms with Crippen LogP contribution in [-0.4, -0.2) is 21.2 Å². The average molecular weight is 214 g/mol. The van der Waals surface area contributed by atoms with Gasteiger partial charge in [-0.15, -0.1) is 10.2 Å². The Hall–Kier alpha value is -0.420. The van der Waals surface area contributed by atoms with E-state index < -0.39 is 0 Å². The van der Waals surface area contributed by atoms with E-state index in [1.807, 2.05) is 0 Å². The second kappa shape index (κ2) is 4.19. The predicted molar refractivity (Wildman–Crippen MR) is 53.0 cm³/mol. The molecule has 1 saturated carbocycles. The van der Waals surface area contributed by atoms with Crippen molar-refractivity contribution in [3.05, 3.63) is 5.51 Å². The molecule has 0 N–H and O–H groups in total. The molecule has 2 rings (SSSR count). The van der Waals surface area contributed by atoms with Crippen LogP contribution in [-0.2, 0) is 4.79 Å². The molecule has 1 fully saturated rings. The molecule has 5 heteroatoms. The molecule has 0 amide bonds. The number of hydrogen-bond donors (Lipinski definition) is 0. The van der Waals surface area contributed by atoms with Gasteiger partial charge < -0.3 is 0 Å². The van der Waals surface area contributed by atoms with Gasteiger partial charge in [0.05, 0.1) is 0 Å². The highest BCUT2D eigenvalue weighted by Crippen LogP contribution is 2.32. The van der Waals surface area contributed by atoms with Crippen LogP contribution in [0.4, 0.5) is 0 Å². The van der Waals surface area contributed by atoms with Gasteiger partial charge in [0.1, 0.15) is 11.3 Å². The third-order valence-electron chi connectivity index (χ3n) is 2.04. The second-order valence-corrected chi connectivity index (χ2v) is 5.46. The number of ketones is 1. The third-order valence-corrected chi connectivity index (χ3v) is 4.12. The molecule has 1 aliphatic carbocycles. The molecule has 1 aliphatic rings. The molecule has 1 heterocycles. The Bertz CT molecular complexity index is 286. The fourth-order valence-corrected chi connectivity index (χ4v) is 3.41. The molecule has 13 heavy (non-hydrogen) atoms. The van der Waals surface area contributed by atoms with E-state index in [0.717, 1.165) is 23.6 Å². The molecule has 1 aromatic heterocycles. The first-order chi connectivity index (χ1) is 6.34. The summed E-state index contributed by atoms with van der Waals surface area (Å²) in [7, 11) is 0. The van der Waals surface area contributed by atoms with Crippen LogP contribution < -0.4 is 0 Å². The van der Waals surface area contributed by atoms with Crippen LogP contribution >= 0.6 is 23.1 Å². The summed E-state index contributed by atoms with van der Waals surface area (Å²) in [6, 6.07) is 0. The van der Waals surface area contributed by atoms with Crippen molar-refractivity contribution in [1.29, 1.82) is 0 Å². The van der Waals surface area contributed by atoms with E-state index in [-0.39, 0.29) is 0 Å². The number of Topliss-reactive ketones (excluding diaryl/α,β-unsaturated/α-hetero) is 1. The maximum absolute atomic E-state index is 11.2. The maximum Gasteiger partial charge on any atom is 0.174 e. The van der Waals surface area contributed by atoms with Crippen molar-refractivity contribution in [2.75, 3.05) is 0 Å². The third kappa shape index (κ3) is 2.51. The standard InChI is InChI=1S/C8H10N2OS2/c11-6-2-1-3-7(4-6)13-8-10-9-5-12-8/h5,7H,1-4H2. The predicted octanol–water partition coefficient (Wildman–Crippen LogP) is 2.14. The summed E-state index contributed by atoms with van der Waals surface area (Å²) in [5.41, 5.74) is 1.73. The molecule has 0 aliphatic heterocycles. The second-order valence-electron chi connectivity index (χ2n) is 3.08. The Morgan fingerprint density at radius 3 is 3.23 bits per heavy atom. The molecule has 70 valence electrons. The number of thioether (sulfide) groups is 1. The van der Waals surface area contributed by atoms with E-state index in [1.54, 1.807) is 28.6 Å². The summed E-state index contributed by atoms with van der Waals surface area (Å²) in [5, 5.41) is 8.16. The first kappa shape index (κ1) is 9.15. The topological polar surface area (TPSA) is 42.9 Å². The van der Waals surface area contributed by atoms with Crippen LogP contribution in [0.1, 0.15) is 25.7 Å². The molecule has 0 aromatic carbocycles. The molecule has 1 aromatic rings. The highest BCUT2D eigenvalue weighted by atomic mass is 32.2. The minimum Gasteiger partial charge on any atom is -0.300 e. The van der Waals surface area contributed by atoms with E-state index in [0.29, 0.717) is 17.5 Å². The Labute approximate surface area is 84.9 Å². The SMILES string of the molecule is O=C1CCCC(Sc2nncs2)C1. The van der Waals surface area contributed by atoms with Crippen LogP contribution in [0.25, 0.3) is 0 Å². The molecule has 3 nitrogen and oxygen atoms in total. The van der Waals surface area contributed by atoms with Crippen molar-refractivity contribution in [2.24, 2.45) is 0 Å². The number of aromatic nitrogens is 2. The van der Waals surface area contributed by atoms with Crippen LogP contribution in [0.5, 0.6) is 0 Å². The zero-order valence-corrected chi connectivity index (χ0v) is 8.74. The zero-order chi connectivity index (χ0) is 9.10. The van der Waals surface area contributed by atoms with Crippen molar-refractivity contribution in [2.45, 2.75) is 35.3 Å². The molecule has 1 atom stereocenters. The van der Waals surface area contributed by atoms with E-state index in [4.69, 9.17) is 0 Å². The average Bonchev–Trinajstić information content (AvgIpc) is 2.57. The molecule has 0 saturated heterocycles. The smallest absolute Gasteiger partial charge is 0.174 e. The fraction of sp³-hybridized carbons (Fsp3) is 0.625. The van der Waals surface area contributed by atoms with Gasteiger partial charge in [0.25, 0.3) is 0 Å². The molecule has 0 bridgehead atoms. The Balaban J connectivity index is 1.91. The number of rotatable bonds is 2. The van der Waals surface area contributed by atoms with Gasteiger partial charge in [-0.1, -0.05) is 23.1 Å². The Morgan fingerprint density at radius 2 is 2.54 bits per heavy atom. The van der Waals surface area contributed by atoms with Gasteiger partial charge in [-0.05, 0) is 12.8 Å². The maximum atomic E-state index is 11.2. The zero-order valence-electron chi connectivity index (χ0n) is 7.10.